The maximum absolute atomic E-state index is 13.0. The number of amides is 3. The van der Waals surface area contributed by atoms with Gasteiger partial charge in [-0.05, 0) is 59.0 Å². The Labute approximate surface area is 180 Å². The molecule has 9 heteroatoms. The van der Waals surface area contributed by atoms with E-state index < -0.39 is 28.7 Å². The standard InChI is InChI=1S/C20H16IN3O5/c1-2-11-22(19(26)13-3-7-16(8-4-13)24(28)29)17-12-18(25)23(20(17)27)15-9-5-14(21)6-10-15/h2-10,17H,1,11-12H2. The molecule has 0 N–H and O–H groups in total. The second kappa shape index (κ2) is 8.52. The molecular formula is C20H16IN3O5. The van der Waals surface area contributed by atoms with Crippen molar-refractivity contribution in [2.24, 2.45) is 0 Å². The molecule has 3 rings (SSSR count). The Kier molecular flexibility index (Phi) is 6.06. The molecule has 0 aliphatic carbocycles. The number of nitrogens with zero attached hydrogens (tertiary/aromatic N) is 3. The van der Waals surface area contributed by atoms with Crippen molar-refractivity contribution >= 4 is 51.7 Å². The van der Waals surface area contributed by atoms with E-state index in [2.05, 4.69) is 29.2 Å². The number of nitro benzene ring substituents is 1. The Bertz CT molecular complexity index is 988. The summed E-state index contributed by atoms with van der Waals surface area (Å²) in [6, 6.07) is 11.1. The molecule has 1 aliphatic rings. The molecule has 0 radical (unpaired) electrons. The third-order valence-corrected chi connectivity index (χ3v) is 5.21. The van der Waals surface area contributed by atoms with Gasteiger partial charge in [0.15, 0.2) is 0 Å². The number of benzene rings is 2. The first-order chi connectivity index (χ1) is 13.8. The third kappa shape index (κ3) is 4.19. The normalized spacial score (nSPS) is 16.0. The van der Waals surface area contributed by atoms with Crippen LogP contribution in [0.3, 0.4) is 0 Å². The van der Waals surface area contributed by atoms with Crippen LogP contribution in [0.2, 0.25) is 0 Å². The first-order valence-corrected chi connectivity index (χ1v) is 9.70. The van der Waals surface area contributed by atoms with Crippen LogP contribution in [-0.4, -0.2) is 40.1 Å². The number of non-ortho nitro benzene ring substituents is 1. The fourth-order valence-corrected chi connectivity index (χ4v) is 3.46. The molecular weight excluding hydrogens is 489 g/mol. The number of rotatable bonds is 6. The van der Waals surface area contributed by atoms with Gasteiger partial charge >= 0.3 is 0 Å². The Morgan fingerprint density at radius 3 is 2.38 bits per heavy atom. The number of imide groups is 1. The molecule has 2 aromatic carbocycles. The molecule has 8 nitrogen and oxygen atoms in total. The van der Waals surface area contributed by atoms with Crippen LogP contribution in [0.5, 0.6) is 0 Å². The second-order valence-corrected chi connectivity index (χ2v) is 7.56. The Balaban J connectivity index is 1.88. The van der Waals surface area contributed by atoms with Crippen molar-refractivity contribution in [1.29, 1.82) is 0 Å². The molecule has 0 bridgehead atoms. The van der Waals surface area contributed by atoms with Crippen LogP contribution in [0.15, 0.2) is 61.2 Å². The maximum Gasteiger partial charge on any atom is 0.269 e. The van der Waals surface area contributed by atoms with Crippen molar-refractivity contribution in [2.75, 3.05) is 11.4 Å². The van der Waals surface area contributed by atoms with Crippen LogP contribution in [0, 0.1) is 13.7 Å². The monoisotopic (exact) mass is 505 g/mol. The Morgan fingerprint density at radius 2 is 1.83 bits per heavy atom. The molecule has 29 heavy (non-hydrogen) atoms. The van der Waals surface area contributed by atoms with Gasteiger partial charge in [0.2, 0.25) is 5.91 Å². The number of carbonyl (C=O) groups excluding carboxylic acids is 3. The van der Waals surface area contributed by atoms with Crippen LogP contribution in [0.1, 0.15) is 16.8 Å². The van der Waals surface area contributed by atoms with Gasteiger partial charge in [0, 0.05) is 27.8 Å². The summed E-state index contributed by atoms with van der Waals surface area (Å²) in [4.78, 5) is 51.1. The summed E-state index contributed by atoms with van der Waals surface area (Å²) in [6.45, 7) is 3.68. The van der Waals surface area contributed by atoms with Crippen LogP contribution in [0.25, 0.3) is 0 Å². The van der Waals surface area contributed by atoms with Crippen LogP contribution in [0.4, 0.5) is 11.4 Å². The lowest BCUT2D eigenvalue weighted by Gasteiger charge is -2.26. The predicted molar refractivity (Wildman–Crippen MR) is 114 cm³/mol. The van der Waals surface area contributed by atoms with Gasteiger partial charge in [-0.15, -0.1) is 6.58 Å². The highest BCUT2D eigenvalue weighted by molar-refractivity contribution is 14.1. The summed E-state index contributed by atoms with van der Waals surface area (Å²) in [7, 11) is 0. The van der Waals surface area contributed by atoms with E-state index in [0.717, 1.165) is 8.47 Å². The molecule has 2 aromatic rings. The molecule has 1 heterocycles. The smallest absolute Gasteiger partial charge is 0.269 e. The maximum atomic E-state index is 13.0. The fourth-order valence-electron chi connectivity index (χ4n) is 3.10. The molecule has 1 unspecified atom stereocenters. The van der Waals surface area contributed by atoms with Gasteiger partial charge in [-0.25, -0.2) is 4.90 Å². The van der Waals surface area contributed by atoms with Crippen LogP contribution < -0.4 is 4.90 Å². The minimum Gasteiger partial charge on any atom is -0.322 e. The molecule has 0 aromatic heterocycles. The molecule has 1 aliphatic heterocycles. The van der Waals surface area contributed by atoms with Gasteiger partial charge in [-0.1, -0.05) is 6.08 Å². The number of anilines is 1. The van der Waals surface area contributed by atoms with E-state index in [-0.39, 0.29) is 24.2 Å². The summed E-state index contributed by atoms with van der Waals surface area (Å²) < 4.78 is 0.962. The van der Waals surface area contributed by atoms with Crippen molar-refractivity contribution in [3.05, 3.63) is 80.4 Å². The summed E-state index contributed by atoms with van der Waals surface area (Å²) >= 11 is 2.12. The van der Waals surface area contributed by atoms with E-state index in [1.165, 1.54) is 35.2 Å². The molecule has 3 amide bonds. The van der Waals surface area contributed by atoms with Gasteiger partial charge in [-0.3, -0.25) is 24.5 Å². The van der Waals surface area contributed by atoms with Crippen molar-refractivity contribution < 1.29 is 19.3 Å². The molecule has 0 spiro atoms. The first kappa shape index (κ1) is 20.6. The van der Waals surface area contributed by atoms with E-state index in [0.29, 0.717) is 5.69 Å². The van der Waals surface area contributed by atoms with Crippen molar-refractivity contribution in [2.45, 2.75) is 12.5 Å². The van der Waals surface area contributed by atoms with E-state index in [1.54, 1.807) is 24.3 Å². The van der Waals surface area contributed by atoms with E-state index in [9.17, 15) is 24.5 Å². The van der Waals surface area contributed by atoms with Gasteiger partial charge in [-0.2, -0.15) is 0 Å². The lowest BCUT2D eigenvalue weighted by molar-refractivity contribution is -0.384. The predicted octanol–water partition coefficient (Wildman–Crippen LogP) is 3.16. The van der Waals surface area contributed by atoms with Gasteiger partial charge in [0.05, 0.1) is 17.0 Å². The van der Waals surface area contributed by atoms with Crippen LogP contribution in [-0.2, 0) is 9.59 Å². The minimum absolute atomic E-state index is 0.0556. The third-order valence-electron chi connectivity index (χ3n) is 4.50. The lowest BCUT2D eigenvalue weighted by Crippen LogP contribution is -2.45. The Hall–Kier alpha value is -3.08. The van der Waals surface area contributed by atoms with Crippen LogP contribution >= 0.6 is 22.6 Å². The van der Waals surface area contributed by atoms with Crippen molar-refractivity contribution in [3.63, 3.8) is 0 Å². The topological polar surface area (TPSA) is 101 Å². The first-order valence-electron chi connectivity index (χ1n) is 8.62. The zero-order valence-electron chi connectivity index (χ0n) is 15.2. The quantitative estimate of drug-likeness (QED) is 0.198. The summed E-state index contributed by atoms with van der Waals surface area (Å²) in [5.74, 6) is -1.39. The average Bonchev–Trinajstić information content (AvgIpc) is 3.00. The number of hydrogen-bond donors (Lipinski definition) is 0. The zero-order valence-corrected chi connectivity index (χ0v) is 17.3. The molecule has 148 valence electrons. The highest BCUT2D eigenvalue weighted by Gasteiger charge is 2.44. The van der Waals surface area contributed by atoms with E-state index in [1.807, 2.05) is 0 Å². The van der Waals surface area contributed by atoms with Crippen molar-refractivity contribution in [3.8, 4) is 0 Å². The molecule has 1 saturated heterocycles. The molecule has 0 saturated carbocycles. The largest absolute Gasteiger partial charge is 0.322 e. The summed E-state index contributed by atoms with van der Waals surface area (Å²) in [5, 5.41) is 10.8. The molecule has 1 fully saturated rings. The van der Waals surface area contributed by atoms with Crippen molar-refractivity contribution in [1.82, 2.24) is 4.90 Å². The highest BCUT2D eigenvalue weighted by Crippen LogP contribution is 2.27. The average molecular weight is 505 g/mol. The number of halogens is 1. The highest BCUT2D eigenvalue weighted by atomic mass is 127. The van der Waals surface area contributed by atoms with Gasteiger partial charge in [0.1, 0.15) is 6.04 Å². The minimum atomic E-state index is -0.970. The SMILES string of the molecule is C=CCN(C(=O)c1ccc([N+](=O)[O-])cc1)C1CC(=O)N(c2ccc(I)cc2)C1=O. The summed E-state index contributed by atoms with van der Waals surface area (Å²) in [6.07, 6.45) is 1.33. The summed E-state index contributed by atoms with van der Waals surface area (Å²) in [5.41, 5.74) is 0.489. The van der Waals surface area contributed by atoms with E-state index in [4.69, 9.17) is 0 Å². The number of hydrogen-bond acceptors (Lipinski definition) is 5. The van der Waals surface area contributed by atoms with E-state index >= 15 is 0 Å². The Morgan fingerprint density at radius 1 is 1.21 bits per heavy atom. The lowest BCUT2D eigenvalue weighted by atomic mass is 10.1. The number of carbonyl (C=O) groups is 3. The fraction of sp³-hybridized carbons (Fsp3) is 0.150. The zero-order chi connectivity index (χ0) is 21.1. The number of nitro groups is 1. The van der Waals surface area contributed by atoms with Gasteiger partial charge < -0.3 is 4.90 Å². The molecule has 1 atom stereocenters. The van der Waals surface area contributed by atoms with Gasteiger partial charge in [0.25, 0.3) is 17.5 Å². The second-order valence-electron chi connectivity index (χ2n) is 6.31.